The first-order valence-electron chi connectivity index (χ1n) is 15.4. The third-order valence-corrected chi connectivity index (χ3v) is 9.78. The summed E-state index contributed by atoms with van der Waals surface area (Å²) in [5, 5.41) is 27.4. The lowest BCUT2D eigenvalue weighted by atomic mass is 10.0. The summed E-state index contributed by atoms with van der Waals surface area (Å²) in [5.74, 6) is 0. The zero-order valence-electron chi connectivity index (χ0n) is 24.1. The Kier molecular flexibility index (Phi) is 10.7. The summed E-state index contributed by atoms with van der Waals surface area (Å²) < 4.78 is 0. The van der Waals surface area contributed by atoms with Crippen LogP contribution in [0.4, 0.5) is 0 Å². The van der Waals surface area contributed by atoms with Crippen LogP contribution in [0.2, 0.25) is 0 Å². The maximum Gasteiger partial charge on any atom is 0.147 e. The molecule has 0 unspecified atom stereocenters. The molecular weight excluding hydrogens is 529 g/mol. The second-order valence-corrected chi connectivity index (χ2v) is 13.1. The lowest BCUT2D eigenvalue weighted by molar-refractivity contribution is 0.606. The van der Waals surface area contributed by atoms with Gasteiger partial charge in [-0.1, -0.05) is 125 Å². The lowest BCUT2D eigenvalue weighted by Gasteiger charge is -2.06. The number of aromatic nitrogens is 4. The van der Waals surface area contributed by atoms with Crippen LogP contribution in [0.3, 0.4) is 0 Å². The molecule has 0 saturated carbocycles. The predicted octanol–water partition coefficient (Wildman–Crippen LogP) is 10.8. The molecule has 5 rings (SSSR count). The Balaban J connectivity index is 1.25. The summed E-state index contributed by atoms with van der Waals surface area (Å²) in [7, 11) is 0. The van der Waals surface area contributed by atoms with Crippen molar-refractivity contribution >= 4 is 44.2 Å². The molecule has 0 N–H and O–H groups in total. The predicted molar refractivity (Wildman–Crippen MR) is 173 cm³/mol. The van der Waals surface area contributed by atoms with E-state index in [1.807, 2.05) is 0 Å². The Labute approximate surface area is 247 Å². The molecule has 0 radical (unpaired) electrons. The zero-order valence-corrected chi connectivity index (χ0v) is 25.8. The van der Waals surface area contributed by atoms with Crippen molar-refractivity contribution in [3.63, 3.8) is 0 Å². The number of rotatable bonds is 16. The number of nitrogens with zero attached hydrogens (tertiary/aromatic N) is 4. The summed E-state index contributed by atoms with van der Waals surface area (Å²) in [4.78, 5) is 0. The standard InChI is InChI=1S/C34H42N4S2/c1-3-5-7-9-11-13-15-31-35-37-33(39-31)27-19-17-25-21-26-18-20-28(23-30(26)24-29(25)22-27)34-38-36-32(40-34)16-14-12-10-8-6-4-2/h17-24H,3-16H2,1-2H3. The fourth-order valence-electron chi connectivity index (χ4n) is 5.32. The SMILES string of the molecule is CCCCCCCCc1nnc(-c2ccc3cc4ccc(-c5nnc(CCCCCCCC)s5)cc4cc3c2)s1. The fourth-order valence-corrected chi connectivity index (χ4v) is 7.07. The number of hydrogen-bond acceptors (Lipinski definition) is 6. The Morgan fingerprint density at radius 3 is 1.35 bits per heavy atom. The average molecular weight is 571 g/mol. The highest BCUT2D eigenvalue weighted by Gasteiger charge is 2.11. The molecule has 5 aromatic rings. The minimum Gasteiger partial charge on any atom is -0.143 e. The Hall–Kier alpha value is -2.70. The second kappa shape index (κ2) is 14.8. The van der Waals surface area contributed by atoms with Crippen LogP contribution in [0.5, 0.6) is 0 Å². The van der Waals surface area contributed by atoms with Gasteiger partial charge < -0.3 is 0 Å². The quantitative estimate of drug-likeness (QED) is 0.0874. The van der Waals surface area contributed by atoms with Gasteiger partial charge in [0.15, 0.2) is 0 Å². The minimum absolute atomic E-state index is 1.02. The third-order valence-electron chi connectivity index (χ3n) is 7.71. The van der Waals surface area contributed by atoms with Gasteiger partial charge in [-0.05, 0) is 58.7 Å². The topological polar surface area (TPSA) is 51.6 Å². The largest absolute Gasteiger partial charge is 0.147 e. The van der Waals surface area contributed by atoms with Crippen LogP contribution < -0.4 is 0 Å². The van der Waals surface area contributed by atoms with Gasteiger partial charge in [0.05, 0.1) is 0 Å². The van der Waals surface area contributed by atoms with Crippen molar-refractivity contribution in [2.45, 2.75) is 104 Å². The van der Waals surface area contributed by atoms with Crippen LogP contribution in [0, 0.1) is 0 Å². The molecule has 3 aromatic carbocycles. The molecule has 2 heterocycles. The molecule has 0 aliphatic carbocycles. The maximum atomic E-state index is 4.53. The van der Waals surface area contributed by atoms with Crippen LogP contribution in [0.1, 0.15) is 101 Å². The van der Waals surface area contributed by atoms with Gasteiger partial charge in [-0.2, -0.15) is 0 Å². The van der Waals surface area contributed by atoms with Gasteiger partial charge >= 0.3 is 0 Å². The van der Waals surface area contributed by atoms with Crippen LogP contribution >= 0.6 is 22.7 Å². The van der Waals surface area contributed by atoms with Crippen molar-refractivity contribution in [3.8, 4) is 21.1 Å². The van der Waals surface area contributed by atoms with Crippen molar-refractivity contribution in [2.75, 3.05) is 0 Å². The van der Waals surface area contributed by atoms with Gasteiger partial charge in [0.2, 0.25) is 0 Å². The summed E-state index contributed by atoms with van der Waals surface area (Å²) >= 11 is 3.49. The van der Waals surface area contributed by atoms with E-state index in [1.54, 1.807) is 22.7 Å². The van der Waals surface area contributed by atoms with Gasteiger partial charge in [-0.25, -0.2) is 0 Å². The number of benzene rings is 3. The van der Waals surface area contributed by atoms with E-state index >= 15 is 0 Å². The molecule has 0 aliphatic heterocycles. The molecular formula is C34H42N4S2. The van der Waals surface area contributed by atoms with Crippen molar-refractivity contribution in [3.05, 3.63) is 58.5 Å². The number of fused-ring (bicyclic) bond motifs is 2. The molecule has 0 spiro atoms. The molecule has 0 bridgehead atoms. The average Bonchev–Trinajstić information content (AvgIpc) is 3.65. The van der Waals surface area contributed by atoms with Gasteiger partial charge in [0.1, 0.15) is 20.0 Å². The zero-order chi connectivity index (χ0) is 27.6. The smallest absolute Gasteiger partial charge is 0.143 e. The number of unbranched alkanes of at least 4 members (excludes halogenated alkanes) is 10. The lowest BCUT2D eigenvalue weighted by Crippen LogP contribution is -1.85. The normalized spacial score (nSPS) is 11.7. The van der Waals surface area contributed by atoms with E-state index in [4.69, 9.17) is 0 Å². The molecule has 0 atom stereocenters. The second-order valence-electron chi connectivity index (χ2n) is 11.0. The summed E-state index contributed by atoms with van der Waals surface area (Å²) in [6, 6.07) is 17.9. The highest BCUT2D eigenvalue weighted by molar-refractivity contribution is 7.15. The van der Waals surface area contributed by atoms with Crippen LogP contribution in [0.15, 0.2) is 48.5 Å². The molecule has 2 aromatic heterocycles. The molecule has 0 amide bonds. The maximum absolute atomic E-state index is 4.53. The molecule has 6 heteroatoms. The first-order valence-corrected chi connectivity index (χ1v) is 17.0. The highest BCUT2D eigenvalue weighted by Crippen LogP contribution is 2.33. The Morgan fingerprint density at radius 2 is 0.875 bits per heavy atom. The Bertz CT molecular complexity index is 1390. The number of hydrogen-bond donors (Lipinski definition) is 0. The minimum atomic E-state index is 1.02. The van der Waals surface area contributed by atoms with Crippen molar-refractivity contribution in [2.24, 2.45) is 0 Å². The van der Waals surface area contributed by atoms with Crippen LogP contribution in [-0.4, -0.2) is 20.4 Å². The number of aryl methyl sites for hydroxylation is 2. The van der Waals surface area contributed by atoms with Crippen LogP contribution in [-0.2, 0) is 12.8 Å². The third kappa shape index (κ3) is 7.73. The van der Waals surface area contributed by atoms with Gasteiger partial charge in [-0.3, -0.25) is 0 Å². The molecule has 40 heavy (non-hydrogen) atoms. The monoisotopic (exact) mass is 570 g/mol. The van der Waals surface area contributed by atoms with Crippen molar-refractivity contribution < 1.29 is 0 Å². The van der Waals surface area contributed by atoms with Crippen LogP contribution in [0.25, 0.3) is 42.7 Å². The van der Waals surface area contributed by atoms with E-state index in [1.165, 1.54) is 98.6 Å². The van der Waals surface area contributed by atoms with E-state index < -0.39 is 0 Å². The summed E-state index contributed by atoms with van der Waals surface area (Å²) in [5.41, 5.74) is 2.30. The Morgan fingerprint density at radius 1 is 0.450 bits per heavy atom. The highest BCUT2D eigenvalue weighted by atomic mass is 32.1. The summed E-state index contributed by atoms with van der Waals surface area (Å²) in [6.07, 6.45) is 17.7. The van der Waals surface area contributed by atoms with Gasteiger partial charge in [-0.15, -0.1) is 20.4 Å². The summed E-state index contributed by atoms with van der Waals surface area (Å²) in [6.45, 7) is 4.53. The van der Waals surface area contributed by atoms with E-state index in [-0.39, 0.29) is 0 Å². The van der Waals surface area contributed by atoms with E-state index in [0.717, 1.165) is 44.0 Å². The molecule has 0 aliphatic rings. The first kappa shape index (κ1) is 28.8. The molecule has 0 fully saturated rings. The molecule has 0 saturated heterocycles. The first-order chi connectivity index (χ1) is 19.7. The van der Waals surface area contributed by atoms with Crippen molar-refractivity contribution in [1.29, 1.82) is 0 Å². The van der Waals surface area contributed by atoms with E-state index in [2.05, 4.69) is 82.8 Å². The van der Waals surface area contributed by atoms with E-state index in [0.29, 0.717) is 0 Å². The van der Waals surface area contributed by atoms with Crippen molar-refractivity contribution in [1.82, 2.24) is 20.4 Å². The van der Waals surface area contributed by atoms with Gasteiger partial charge in [0.25, 0.3) is 0 Å². The molecule has 210 valence electrons. The molecule has 4 nitrogen and oxygen atoms in total. The van der Waals surface area contributed by atoms with Gasteiger partial charge in [0, 0.05) is 24.0 Å². The van der Waals surface area contributed by atoms with E-state index in [9.17, 15) is 0 Å². The fraction of sp³-hybridized carbons (Fsp3) is 0.471.